The van der Waals surface area contributed by atoms with Gasteiger partial charge in [-0.25, -0.2) is 4.79 Å². The molecule has 1 amide bonds. The van der Waals surface area contributed by atoms with Crippen LogP contribution in [0.3, 0.4) is 0 Å². The number of carbonyl (C=O) groups is 1. The van der Waals surface area contributed by atoms with Crippen LogP contribution in [0.25, 0.3) is 0 Å². The minimum atomic E-state index is -0.891. The van der Waals surface area contributed by atoms with Crippen molar-refractivity contribution < 1.29 is 15.0 Å². The Balaban J connectivity index is 1.84. The molecule has 1 aliphatic rings. The van der Waals surface area contributed by atoms with Crippen LogP contribution in [0.1, 0.15) is 17.4 Å². The molecule has 1 saturated heterocycles. The quantitative estimate of drug-likeness (QED) is 0.796. The SMILES string of the molecule is O=C(O)N1CCN(C(c2ccccc2)c2nnn(CCO)n2)CC1. The molecule has 1 aliphatic heterocycles. The van der Waals surface area contributed by atoms with E-state index in [0.717, 1.165) is 5.56 Å². The van der Waals surface area contributed by atoms with E-state index in [2.05, 4.69) is 20.3 Å². The molecule has 9 nitrogen and oxygen atoms in total. The molecule has 1 fully saturated rings. The highest BCUT2D eigenvalue weighted by molar-refractivity contribution is 5.65. The van der Waals surface area contributed by atoms with Crippen molar-refractivity contribution in [3.05, 3.63) is 41.7 Å². The van der Waals surface area contributed by atoms with Gasteiger partial charge in [0.25, 0.3) is 0 Å². The van der Waals surface area contributed by atoms with Gasteiger partial charge in [-0.1, -0.05) is 30.3 Å². The zero-order valence-corrected chi connectivity index (χ0v) is 13.2. The molecule has 0 spiro atoms. The number of nitrogens with zero attached hydrogens (tertiary/aromatic N) is 6. The summed E-state index contributed by atoms with van der Waals surface area (Å²) in [6.45, 7) is 2.33. The number of aliphatic hydroxyl groups excluding tert-OH is 1. The van der Waals surface area contributed by atoms with E-state index in [-0.39, 0.29) is 12.6 Å². The molecule has 1 unspecified atom stereocenters. The van der Waals surface area contributed by atoms with Crippen molar-refractivity contribution in [2.24, 2.45) is 0 Å². The maximum Gasteiger partial charge on any atom is 0.407 e. The lowest BCUT2D eigenvalue weighted by Gasteiger charge is -2.37. The minimum absolute atomic E-state index is 0.0525. The second-order valence-electron chi connectivity index (χ2n) is 5.59. The van der Waals surface area contributed by atoms with Crippen molar-refractivity contribution in [1.82, 2.24) is 30.0 Å². The van der Waals surface area contributed by atoms with E-state index >= 15 is 0 Å². The van der Waals surface area contributed by atoms with Crippen LogP contribution in [0.4, 0.5) is 4.79 Å². The average Bonchev–Trinajstić information content (AvgIpc) is 3.05. The fourth-order valence-electron chi connectivity index (χ4n) is 2.88. The third-order valence-electron chi connectivity index (χ3n) is 4.08. The number of aliphatic hydroxyl groups is 1. The number of piperazine rings is 1. The van der Waals surface area contributed by atoms with Gasteiger partial charge in [-0.05, 0) is 10.8 Å². The Labute approximate surface area is 139 Å². The van der Waals surface area contributed by atoms with Crippen molar-refractivity contribution >= 4 is 6.09 Å². The lowest BCUT2D eigenvalue weighted by atomic mass is 10.0. The molecule has 2 N–H and O–H groups in total. The third kappa shape index (κ3) is 3.52. The van der Waals surface area contributed by atoms with E-state index < -0.39 is 6.09 Å². The summed E-state index contributed by atoms with van der Waals surface area (Å²) < 4.78 is 0. The molecule has 128 valence electrons. The van der Waals surface area contributed by atoms with Crippen molar-refractivity contribution in [1.29, 1.82) is 0 Å². The van der Waals surface area contributed by atoms with Gasteiger partial charge in [-0.3, -0.25) is 4.90 Å². The van der Waals surface area contributed by atoms with Gasteiger partial charge in [0.15, 0.2) is 5.82 Å². The van der Waals surface area contributed by atoms with Crippen LogP contribution in [0, 0.1) is 0 Å². The van der Waals surface area contributed by atoms with E-state index in [4.69, 9.17) is 10.2 Å². The molecule has 9 heteroatoms. The number of hydrogen-bond donors (Lipinski definition) is 2. The van der Waals surface area contributed by atoms with E-state index in [1.807, 2.05) is 30.3 Å². The standard InChI is InChI=1S/C15H20N6O3/c22-11-10-21-17-14(16-18-21)13(12-4-2-1-3-5-12)19-6-8-20(9-7-19)15(23)24/h1-5,13,22H,6-11H2,(H,23,24). The summed E-state index contributed by atoms with van der Waals surface area (Å²) in [6.07, 6.45) is -0.891. The van der Waals surface area contributed by atoms with E-state index in [0.29, 0.717) is 38.5 Å². The molecule has 1 aromatic heterocycles. The van der Waals surface area contributed by atoms with Crippen molar-refractivity contribution in [2.75, 3.05) is 32.8 Å². The third-order valence-corrected chi connectivity index (χ3v) is 4.08. The number of carboxylic acid groups (broad SMARTS) is 1. The molecular weight excluding hydrogens is 312 g/mol. The Bertz CT molecular complexity index is 669. The van der Waals surface area contributed by atoms with Crippen molar-refractivity contribution in [3.8, 4) is 0 Å². The highest BCUT2D eigenvalue weighted by Gasteiger charge is 2.30. The van der Waals surface area contributed by atoms with Gasteiger partial charge in [0.2, 0.25) is 0 Å². The molecule has 2 heterocycles. The molecule has 24 heavy (non-hydrogen) atoms. The molecule has 1 atom stereocenters. The molecule has 3 rings (SSSR count). The fourth-order valence-corrected chi connectivity index (χ4v) is 2.88. The van der Waals surface area contributed by atoms with Crippen LogP contribution in [0.2, 0.25) is 0 Å². The lowest BCUT2D eigenvalue weighted by Crippen LogP contribution is -2.49. The summed E-state index contributed by atoms with van der Waals surface area (Å²) >= 11 is 0. The summed E-state index contributed by atoms with van der Waals surface area (Å²) in [5.41, 5.74) is 1.03. The summed E-state index contributed by atoms with van der Waals surface area (Å²) in [5.74, 6) is 0.554. The predicted molar refractivity (Wildman–Crippen MR) is 84.4 cm³/mol. The van der Waals surface area contributed by atoms with E-state index in [1.165, 1.54) is 9.70 Å². The summed E-state index contributed by atoms with van der Waals surface area (Å²) in [7, 11) is 0. The average molecular weight is 332 g/mol. The first kappa shape index (κ1) is 16.3. The second kappa shape index (κ2) is 7.37. The minimum Gasteiger partial charge on any atom is -0.465 e. The zero-order chi connectivity index (χ0) is 16.9. The normalized spacial score (nSPS) is 17.0. The van der Waals surface area contributed by atoms with Gasteiger partial charge in [-0.2, -0.15) is 4.80 Å². The topological polar surface area (TPSA) is 108 Å². The van der Waals surface area contributed by atoms with Crippen molar-refractivity contribution in [2.45, 2.75) is 12.6 Å². The maximum absolute atomic E-state index is 11.1. The first-order valence-electron chi connectivity index (χ1n) is 7.84. The molecule has 0 bridgehead atoms. The molecule has 1 aromatic carbocycles. The van der Waals surface area contributed by atoms with Gasteiger partial charge in [0.1, 0.15) is 0 Å². The number of aromatic nitrogens is 4. The first-order valence-corrected chi connectivity index (χ1v) is 7.84. The number of benzene rings is 1. The first-order chi connectivity index (χ1) is 11.7. The van der Waals surface area contributed by atoms with Crippen molar-refractivity contribution in [3.63, 3.8) is 0 Å². The Morgan fingerprint density at radius 2 is 1.88 bits per heavy atom. The number of hydrogen-bond acceptors (Lipinski definition) is 6. The Kier molecular flexibility index (Phi) is 5.02. The van der Waals surface area contributed by atoms with Gasteiger partial charge < -0.3 is 15.1 Å². The summed E-state index contributed by atoms with van der Waals surface area (Å²) in [6, 6.07) is 9.66. The van der Waals surface area contributed by atoms with Gasteiger partial charge in [0, 0.05) is 26.2 Å². The number of amides is 1. The Morgan fingerprint density at radius 3 is 2.50 bits per heavy atom. The molecule has 0 saturated carbocycles. The molecule has 0 radical (unpaired) electrons. The van der Waals surface area contributed by atoms with Crippen LogP contribution in [0.5, 0.6) is 0 Å². The largest absolute Gasteiger partial charge is 0.465 e. The summed E-state index contributed by atoms with van der Waals surface area (Å²) in [4.78, 5) is 16.0. The van der Waals surface area contributed by atoms with Crippen LogP contribution in [0.15, 0.2) is 30.3 Å². The van der Waals surface area contributed by atoms with E-state index in [1.54, 1.807) is 0 Å². The number of tetrazole rings is 1. The highest BCUT2D eigenvalue weighted by Crippen LogP contribution is 2.26. The number of rotatable bonds is 5. The molecule has 0 aliphatic carbocycles. The Hall–Kier alpha value is -2.52. The second-order valence-corrected chi connectivity index (χ2v) is 5.59. The van der Waals surface area contributed by atoms with E-state index in [9.17, 15) is 4.79 Å². The fraction of sp³-hybridized carbons (Fsp3) is 0.467. The van der Waals surface area contributed by atoms with Gasteiger partial charge in [0.05, 0.1) is 19.2 Å². The lowest BCUT2D eigenvalue weighted by molar-refractivity contribution is 0.0914. The summed E-state index contributed by atoms with van der Waals surface area (Å²) in [5, 5.41) is 30.6. The smallest absolute Gasteiger partial charge is 0.407 e. The highest BCUT2D eigenvalue weighted by atomic mass is 16.4. The van der Waals surface area contributed by atoms with Crippen LogP contribution in [-0.4, -0.2) is 79.1 Å². The molecule has 2 aromatic rings. The van der Waals surface area contributed by atoms with Gasteiger partial charge >= 0.3 is 6.09 Å². The zero-order valence-electron chi connectivity index (χ0n) is 13.2. The maximum atomic E-state index is 11.1. The Morgan fingerprint density at radius 1 is 1.17 bits per heavy atom. The van der Waals surface area contributed by atoms with Crippen LogP contribution < -0.4 is 0 Å². The predicted octanol–water partition coefficient (Wildman–Crippen LogP) is 0.0504. The van der Waals surface area contributed by atoms with Crippen LogP contribution in [-0.2, 0) is 6.54 Å². The van der Waals surface area contributed by atoms with Crippen LogP contribution >= 0.6 is 0 Å². The van der Waals surface area contributed by atoms with Gasteiger partial charge in [-0.15, -0.1) is 10.2 Å². The monoisotopic (exact) mass is 332 g/mol. The molecular formula is C15H20N6O3.